The summed E-state index contributed by atoms with van der Waals surface area (Å²) in [6.45, 7) is 0. The summed E-state index contributed by atoms with van der Waals surface area (Å²) in [5.41, 5.74) is 2.25. The van der Waals surface area contributed by atoms with Gasteiger partial charge in [0, 0.05) is 28.8 Å². The Balaban J connectivity index is 1.42. The molecule has 2 aromatic carbocycles. The van der Waals surface area contributed by atoms with E-state index < -0.39 is 0 Å². The van der Waals surface area contributed by atoms with Gasteiger partial charge in [-0.2, -0.15) is 4.98 Å². The molecule has 0 fully saturated rings. The Labute approximate surface area is 181 Å². The molecule has 0 aliphatic rings. The van der Waals surface area contributed by atoms with Crippen molar-refractivity contribution in [1.29, 1.82) is 0 Å². The normalized spacial score (nSPS) is 10.9. The van der Waals surface area contributed by atoms with Crippen molar-refractivity contribution < 1.29 is 14.3 Å². The van der Waals surface area contributed by atoms with E-state index in [2.05, 4.69) is 15.4 Å². The predicted octanol–water partition coefficient (Wildman–Crippen LogP) is 4.72. The minimum atomic E-state index is -0.329. The molecule has 2 aromatic heterocycles. The van der Waals surface area contributed by atoms with Crippen LogP contribution in [0.4, 0.5) is 5.95 Å². The zero-order chi connectivity index (χ0) is 21.1. The number of carbonyl (C=O) groups is 2. The Morgan fingerprint density at radius 2 is 1.90 bits per heavy atom. The molecule has 1 amide bonds. The maximum atomic E-state index is 12.4. The van der Waals surface area contributed by atoms with Crippen LogP contribution in [0.5, 0.6) is 5.75 Å². The summed E-state index contributed by atoms with van der Waals surface area (Å²) in [7, 11) is 1.51. The lowest BCUT2D eigenvalue weighted by Gasteiger charge is -2.06. The molecular weight excluding hydrogens is 424 g/mol. The number of anilines is 1. The van der Waals surface area contributed by atoms with E-state index in [1.54, 1.807) is 40.9 Å². The van der Waals surface area contributed by atoms with Crippen molar-refractivity contribution in [2.75, 3.05) is 12.4 Å². The summed E-state index contributed by atoms with van der Waals surface area (Å²) in [5, 5.41) is 9.62. The standard InChI is InChI=1S/C21H17ClN4O3S/c1-29-18-5-3-2-4-15(18)17(27)10-11-19(28)23-20-24-21-26(25-20)16(12-30-21)13-6-8-14(22)9-7-13/h2-9,12H,10-11H2,1H3,(H,23,25,28). The van der Waals surface area contributed by atoms with Gasteiger partial charge in [-0.3, -0.25) is 14.9 Å². The van der Waals surface area contributed by atoms with Gasteiger partial charge in [-0.25, -0.2) is 4.52 Å². The summed E-state index contributed by atoms with van der Waals surface area (Å²) in [4.78, 5) is 29.7. The minimum absolute atomic E-state index is 0.0216. The average Bonchev–Trinajstić information content (AvgIpc) is 3.33. The third-order valence-corrected chi connectivity index (χ3v) is 5.53. The summed E-state index contributed by atoms with van der Waals surface area (Å²) in [5.74, 6) is 0.205. The minimum Gasteiger partial charge on any atom is -0.496 e. The van der Waals surface area contributed by atoms with E-state index in [1.807, 2.05) is 17.5 Å². The molecule has 152 valence electrons. The second kappa shape index (κ2) is 8.64. The van der Waals surface area contributed by atoms with Crippen molar-refractivity contribution in [1.82, 2.24) is 14.6 Å². The summed E-state index contributed by atoms with van der Waals surface area (Å²) >= 11 is 7.37. The molecule has 0 saturated heterocycles. The highest BCUT2D eigenvalue weighted by Crippen LogP contribution is 2.27. The number of aromatic nitrogens is 3. The van der Waals surface area contributed by atoms with Gasteiger partial charge >= 0.3 is 0 Å². The number of hydrogen-bond acceptors (Lipinski definition) is 6. The molecule has 0 spiro atoms. The Kier molecular flexibility index (Phi) is 5.78. The molecule has 1 N–H and O–H groups in total. The highest BCUT2D eigenvalue weighted by molar-refractivity contribution is 7.15. The summed E-state index contributed by atoms with van der Waals surface area (Å²) < 4.78 is 6.87. The number of methoxy groups -OCH3 is 1. The highest BCUT2D eigenvalue weighted by Gasteiger charge is 2.16. The lowest BCUT2D eigenvalue weighted by atomic mass is 10.1. The van der Waals surface area contributed by atoms with Crippen LogP contribution in [-0.2, 0) is 4.79 Å². The lowest BCUT2D eigenvalue weighted by molar-refractivity contribution is -0.116. The lowest BCUT2D eigenvalue weighted by Crippen LogP contribution is -2.15. The van der Waals surface area contributed by atoms with E-state index in [4.69, 9.17) is 16.3 Å². The fourth-order valence-electron chi connectivity index (χ4n) is 2.98. The number of fused-ring (bicyclic) bond motifs is 1. The van der Waals surface area contributed by atoms with Crippen LogP contribution in [0.3, 0.4) is 0 Å². The number of ether oxygens (including phenoxy) is 1. The molecule has 7 nitrogen and oxygen atoms in total. The number of ketones is 1. The average molecular weight is 441 g/mol. The maximum absolute atomic E-state index is 12.4. The Morgan fingerprint density at radius 3 is 2.67 bits per heavy atom. The van der Waals surface area contributed by atoms with Gasteiger partial charge in [-0.15, -0.1) is 16.4 Å². The van der Waals surface area contributed by atoms with E-state index >= 15 is 0 Å². The quantitative estimate of drug-likeness (QED) is 0.420. The molecule has 0 unspecified atom stereocenters. The summed E-state index contributed by atoms with van der Waals surface area (Å²) in [6, 6.07) is 14.3. The molecule has 0 saturated carbocycles. The first-order valence-corrected chi connectivity index (χ1v) is 10.4. The topological polar surface area (TPSA) is 85.6 Å². The number of amides is 1. The van der Waals surface area contributed by atoms with Gasteiger partial charge in [-0.1, -0.05) is 35.9 Å². The van der Waals surface area contributed by atoms with E-state index in [0.29, 0.717) is 21.3 Å². The van der Waals surface area contributed by atoms with Crippen LogP contribution in [0.15, 0.2) is 53.9 Å². The number of thiazole rings is 1. The van der Waals surface area contributed by atoms with Gasteiger partial charge in [0.25, 0.3) is 0 Å². The smallest absolute Gasteiger partial charge is 0.250 e. The van der Waals surface area contributed by atoms with E-state index in [9.17, 15) is 9.59 Å². The number of nitrogens with one attached hydrogen (secondary N) is 1. The van der Waals surface area contributed by atoms with Crippen molar-refractivity contribution in [2.45, 2.75) is 12.8 Å². The van der Waals surface area contributed by atoms with Gasteiger partial charge in [0.15, 0.2) is 5.78 Å². The number of para-hydroxylation sites is 1. The third-order valence-electron chi connectivity index (χ3n) is 4.46. The third kappa shape index (κ3) is 4.19. The number of Topliss-reactive ketones (excluding diaryl/α,β-unsaturated/α-hetero) is 1. The van der Waals surface area contributed by atoms with Crippen molar-refractivity contribution in [3.63, 3.8) is 0 Å². The number of nitrogens with zero attached hydrogens (tertiary/aromatic N) is 3. The van der Waals surface area contributed by atoms with Gasteiger partial charge in [0.2, 0.25) is 16.8 Å². The number of rotatable bonds is 7. The van der Waals surface area contributed by atoms with E-state index in [1.165, 1.54) is 18.4 Å². The van der Waals surface area contributed by atoms with Crippen LogP contribution in [0.25, 0.3) is 16.2 Å². The zero-order valence-electron chi connectivity index (χ0n) is 16.0. The molecule has 9 heteroatoms. The molecule has 0 bridgehead atoms. The van der Waals surface area contributed by atoms with Crippen LogP contribution in [0, 0.1) is 0 Å². The maximum Gasteiger partial charge on any atom is 0.250 e. The van der Waals surface area contributed by atoms with Crippen molar-refractivity contribution >= 4 is 45.5 Å². The van der Waals surface area contributed by atoms with Crippen LogP contribution in [0.2, 0.25) is 5.02 Å². The van der Waals surface area contributed by atoms with Crippen LogP contribution in [-0.4, -0.2) is 33.4 Å². The molecule has 2 heterocycles. The zero-order valence-corrected chi connectivity index (χ0v) is 17.5. The number of carbonyl (C=O) groups excluding carboxylic acids is 2. The molecule has 0 atom stereocenters. The predicted molar refractivity (Wildman–Crippen MR) is 116 cm³/mol. The van der Waals surface area contributed by atoms with E-state index in [0.717, 1.165) is 11.3 Å². The van der Waals surface area contributed by atoms with Gasteiger partial charge in [-0.05, 0) is 24.3 Å². The SMILES string of the molecule is COc1ccccc1C(=O)CCC(=O)Nc1nc2scc(-c3ccc(Cl)cc3)n2n1. The first kappa shape index (κ1) is 20.1. The van der Waals surface area contributed by atoms with Crippen molar-refractivity contribution in [3.8, 4) is 17.0 Å². The van der Waals surface area contributed by atoms with E-state index in [-0.39, 0.29) is 30.5 Å². The summed E-state index contributed by atoms with van der Waals surface area (Å²) in [6.07, 6.45) is 0.0816. The second-order valence-corrected chi connectivity index (χ2v) is 7.70. The number of benzene rings is 2. The first-order chi connectivity index (χ1) is 14.5. The van der Waals surface area contributed by atoms with Gasteiger partial charge in [0.1, 0.15) is 5.75 Å². The highest BCUT2D eigenvalue weighted by atomic mass is 35.5. The Hall–Kier alpha value is -3.23. The molecular formula is C21H17ClN4O3S. The number of hydrogen-bond donors (Lipinski definition) is 1. The first-order valence-electron chi connectivity index (χ1n) is 9.11. The Bertz CT molecular complexity index is 1220. The van der Waals surface area contributed by atoms with Crippen LogP contribution in [0.1, 0.15) is 23.2 Å². The largest absolute Gasteiger partial charge is 0.496 e. The van der Waals surface area contributed by atoms with Gasteiger partial charge < -0.3 is 4.74 Å². The Morgan fingerprint density at radius 1 is 1.13 bits per heavy atom. The molecule has 0 radical (unpaired) electrons. The molecule has 30 heavy (non-hydrogen) atoms. The molecule has 0 aliphatic heterocycles. The molecule has 4 aromatic rings. The second-order valence-electron chi connectivity index (χ2n) is 6.43. The monoisotopic (exact) mass is 440 g/mol. The van der Waals surface area contributed by atoms with Crippen LogP contribution >= 0.6 is 22.9 Å². The van der Waals surface area contributed by atoms with Crippen LogP contribution < -0.4 is 10.1 Å². The van der Waals surface area contributed by atoms with Crippen molar-refractivity contribution in [2.24, 2.45) is 0 Å². The fourth-order valence-corrected chi connectivity index (χ4v) is 3.93. The fraction of sp³-hybridized carbons (Fsp3) is 0.143. The molecule has 0 aliphatic carbocycles. The number of halogens is 1. The van der Waals surface area contributed by atoms with Crippen molar-refractivity contribution in [3.05, 3.63) is 64.5 Å². The van der Waals surface area contributed by atoms with Gasteiger partial charge in [0.05, 0.1) is 18.4 Å². The molecule has 4 rings (SSSR count).